The minimum atomic E-state index is -1.06. The summed E-state index contributed by atoms with van der Waals surface area (Å²) in [5.74, 6) is -2.46. The number of amides is 1. The quantitative estimate of drug-likeness (QED) is 0.320. The van der Waals surface area contributed by atoms with Gasteiger partial charge in [-0.05, 0) is 54.1 Å². The van der Waals surface area contributed by atoms with Gasteiger partial charge in [0.25, 0.3) is 5.91 Å². The smallest absolute Gasteiger partial charge is 0.294 e. The number of aliphatic hydroxyl groups is 1. The predicted octanol–water partition coefficient (Wildman–Crippen LogP) is 5.39. The Morgan fingerprint density at radius 1 is 0.939 bits per heavy atom. The minimum Gasteiger partial charge on any atom is -0.508 e. The van der Waals surface area contributed by atoms with Gasteiger partial charge in [-0.2, -0.15) is 0 Å². The first-order valence-corrected chi connectivity index (χ1v) is 10.7. The first-order chi connectivity index (χ1) is 15.8. The summed E-state index contributed by atoms with van der Waals surface area (Å²) in [6.07, 6.45) is 0. The van der Waals surface area contributed by atoms with Gasteiger partial charge in [0.1, 0.15) is 17.1 Å². The predicted molar refractivity (Wildman–Crippen MR) is 124 cm³/mol. The van der Waals surface area contributed by atoms with Gasteiger partial charge in [0.15, 0.2) is 11.5 Å². The molecule has 0 saturated heterocycles. The van der Waals surface area contributed by atoms with Crippen molar-refractivity contribution in [2.75, 3.05) is 4.90 Å². The molecular formula is C25H16BrNO6. The Hall–Kier alpha value is -4.04. The number of anilines is 1. The van der Waals surface area contributed by atoms with Gasteiger partial charge >= 0.3 is 0 Å². The number of Topliss-reactive ketones (excluding diaryl/α,β-unsaturated/α-hetero) is 1. The van der Waals surface area contributed by atoms with Gasteiger partial charge in [-0.25, -0.2) is 0 Å². The minimum absolute atomic E-state index is 0.00104. The Kier molecular flexibility index (Phi) is 4.94. The molecule has 0 saturated carbocycles. The van der Waals surface area contributed by atoms with Crippen LogP contribution in [0.15, 0.2) is 93.0 Å². The molecule has 0 radical (unpaired) electrons. The highest BCUT2D eigenvalue weighted by molar-refractivity contribution is 9.10. The average molecular weight is 506 g/mol. The van der Waals surface area contributed by atoms with Crippen LogP contribution in [0.1, 0.15) is 22.2 Å². The first-order valence-electron chi connectivity index (χ1n) is 9.92. The zero-order chi connectivity index (χ0) is 23.3. The fourth-order valence-corrected chi connectivity index (χ4v) is 4.36. The molecule has 3 aromatic carbocycles. The van der Waals surface area contributed by atoms with E-state index >= 15 is 0 Å². The maximum atomic E-state index is 13.6. The SMILES string of the molecule is O=C(C1=C(O)C(=O)N(c2ccccc2O)C1c1ccc(O)cc1)c1cc2cc(Br)ccc2o1. The van der Waals surface area contributed by atoms with Crippen molar-refractivity contribution in [2.45, 2.75) is 6.04 Å². The molecule has 7 nitrogen and oxygen atoms in total. The van der Waals surface area contributed by atoms with Crippen molar-refractivity contribution in [2.24, 2.45) is 0 Å². The number of fused-ring (bicyclic) bond motifs is 1. The van der Waals surface area contributed by atoms with E-state index in [9.17, 15) is 24.9 Å². The number of para-hydroxylation sites is 2. The number of carbonyl (C=O) groups excluding carboxylic acids is 2. The standard InChI is InChI=1S/C25H16BrNO6/c26-15-7-10-19-14(11-15)12-20(33-19)23(30)21-22(13-5-8-16(28)9-6-13)27(25(32)24(21)31)17-3-1-2-4-18(17)29/h1-12,22,28-29,31H. The van der Waals surface area contributed by atoms with Gasteiger partial charge < -0.3 is 19.7 Å². The van der Waals surface area contributed by atoms with E-state index in [4.69, 9.17) is 4.42 Å². The number of aliphatic hydroxyl groups excluding tert-OH is 1. The highest BCUT2D eigenvalue weighted by Crippen LogP contribution is 2.45. The highest BCUT2D eigenvalue weighted by Gasteiger charge is 2.46. The van der Waals surface area contributed by atoms with E-state index < -0.39 is 23.5 Å². The number of aromatic hydroxyl groups is 2. The lowest BCUT2D eigenvalue weighted by Crippen LogP contribution is -2.31. The molecule has 0 fully saturated rings. The number of benzene rings is 3. The number of rotatable bonds is 4. The van der Waals surface area contributed by atoms with Crippen LogP contribution >= 0.6 is 15.9 Å². The van der Waals surface area contributed by atoms with Crippen molar-refractivity contribution in [3.8, 4) is 11.5 Å². The summed E-state index contributed by atoms with van der Waals surface area (Å²) in [4.78, 5) is 27.9. The van der Waals surface area contributed by atoms with Crippen LogP contribution in [0.2, 0.25) is 0 Å². The third kappa shape index (κ3) is 3.44. The number of furan rings is 1. The van der Waals surface area contributed by atoms with Gasteiger partial charge in [-0.1, -0.05) is 40.2 Å². The largest absolute Gasteiger partial charge is 0.508 e. The first kappa shape index (κ1) is 20.8. The Labute approximate surface area is 195 Å². The van der Waals surface area contributed by atoms with Crippen LogP contribution < -0.4 is 4.90 Å². The summed E-state index contributed by atoms with van der Waals surface area (Å²) in [7, 11) is 0. The lowest BCUT2D eigenvalue weighted by atomic mass is 9.94. The van der Waals surface area contributed by atoms with Gasteiger partial charge in [0, 0.05) is 9.86 Å². The molecule has 4 aromatic rings. The van der Waals surface area contributed by atoms with Gasteiger partial charge in [-0.3, -0.25) is 14.5 Å². The van der Waals surface area contributed by atoms with E-state index in [1.807, 2.05) is 0 Å². The van der Waals surface area contributed by atoms with Crippen LogP contribution in [0.25, 0.3) is 11.0 Å². The molecule has 0 bridgehead atoms. The number of phenols is 2. The summed E-state index contributed by atoms with van der Waals surface area (Å²) < 4.78 is 6.52. The molecule has 33 heavy (non-hydrogen) atoms. The maximum absolute atomic E-state index is 13.6. The van der Waals surface area contributed by atoms with Crippen molar-refractivity contribution in [1.29, 1.82) is 0 Å². The van der Waals surface area contributed by atoms with Crippen LogP contribution in [0.5, 0.6) is 11.5 Å². The molecular weight excluding hydrogens is 490 g/mol. The topological polar surface area (TPSA) is 111 Å². The van der Waals surface area contributed by atoms with Crippen molar-refractivity contribution in [1.82, 2.24) is 0 Å². The van der Waals surface area contributed by atoms with Crippen LogP contribution in [0.4, 0.5) is 5.69 Å². The lowest BCUT2D eigenvalue weighted by molar-refractivity contribution is -0.117. The molecule has 5 rings (SSSR count). The number of phenolic OH excluding ortho intramolecular Hbond substituents is 2. The molecule has 0 spiro atoms. The lowest BCUT2D eigenvalue weighted by Gasteiger charge is -2.27. The van der Waals surface area contributed by atoms with E-state index in [-0.39, 0.29) is 28.5 Å². The van der Waals surface area contributed by atoms with E-state index in [0.717, 1.165) is 9.37 Å². The molecule has 2 heterocycles. The Morgan fingerprint density at radius 2 is 1.67 bits per heavy atom. The summed E-state index contributed by atoms with van der Waals surface area (Å²) in [5.41, 5.74) is 0.871. The van der Waals surface area contributed by atoms with Gasteiger partial charge in [-0.15, -0.1) is 0 Å². The number of nitrogens with zero attached hydrogens (tertiary/aromatic N) is 1. The summed E-state index contributed by atoms with van der Waals surface area (Å²) in [5, 5.41) is 31.6. The number of hydrogen-bond acceptors (Lipinski definition) is 6. The molecule has 1 amide bonds. The van der Waals surface area contributed by atoms with E-state index in [2.05, 4.69) is 15.9 Å². The third-order valence-electron chi connectivity index (χ3n) is 5.50. The maximum Gasteiger partial charge on any atom is 0.294 e. The average Bonchev–Trinajstić information content (AvgIpc) is 3.33. The summed E-state index contributed by atoms with van der Waals surface area (Å²) in [6.45, 7) is 0. The van der Waals surface area contributed by atoms with Crippen LogP contribution in [-0.2, 0) is 4.79 Å². The fraction of sp³-hybridized carbons (Fsp3) is 0.0400. The molecule has 1 atom stereocenters. The molecule has 1 aliphatic heterocycles. The van der Waals surface area contributed by atoms with Crippen LogP contribution in [-0.4, -0.2) is 27.0 Å². The Bertz CT molecular complexity index is 1450. The van der Waals surface area contributed by atoms with Crippen LogP contribution in [0, 0.1) is 0 Å². The fourth-order valence-electron chi connectivity index (χ4n) is 3.98. The Balaban J connectivity index is 1.67. The molecule has 3 N–H and O–H groups in total. The zero-order valence-corrected chi connectivity index (χ0v) is 18.5. The second kappa shape index (κ2) is 7.83. The number of ketones is 1. The molecule has 1 aliphatic rings. The Morgan fingerprint density at radius 3 is 2.39 bits per heavy atom. The number of carbonyl (C=O) groups is 2. The van der Waals surface area contributed by atoms with Gasteiger partial charge in [0.05, 0.1) is 17.3 Å². The molecule has 164 valence electrons. The van der Waals surface area contributed by atoms with E-state index in [0.29, 0.717) is 16.5 Å². The zero-order valence-electron chi connectivity index (χ0n) is 16.9. The number of halogens is 1. The third-order valence-corrected chi connectivity index (χ3v) is 6.00. The van der Waals surface area contributed by atoms with Crippen molar-refractivity contribution in [3.63, 3.8) is 0 Å². The van der Waals surface area contributed by atoms with Gasteiger partial charge in [0.2, 0.25) is 5.78 Å². The summed E-state index contributed by atoms with van der Waals surface area (Å²) in [6, 6.07) is 17.8. The molecule has 1 aromatic heterocycles. The number of hydrogen-bond donors (Lipinski definition) is 3. The van der Waals surface area contributed by atoms with Crippen molar-refractivity contribution < 1.29 is 29.3 Å². The molecule has 8 heteroatoms. The summed E-state index contributed by atoms with van der Waals surface area (Å²) >= 11 is 3.38. The molecule has 1 unspecified atom stereocenters. The second-order valence-electron chi connectivity index (χ2n) is 7.54. The molecule has 0 aliphatic carbocycles. The highest BCUT2D eigenvalue weighted by atomic mass is 79.9. The van der Waals surface area contributed by atoms with E-state index in [1.54, 1.807) is 48.5 Å². The van der Waals surface area contributed by atoms with Crippen molar-refractivity contribution >= 4 is 44.3 Å². The second-order valence-corrected chi connectivity index (χ2v) is 8.46. The monoisotopic (exact) mass is 505 g/mol. The van der Waals surface area contributed by atoms with Crippen LogP contribution in [0.3, 0.4) is 0 Å². The van der Waals surface area contributed by atoms with Crippen molar-refractivity contribution in [3.05, 3.63) is 99.9 Å². The normalized spacial score (nSPS) is 16.1. The van der Waals surface area contributed by atoms with E-state index in [1.165, 1.54) is 24.3 Å².